The second kappa shape index (κ2) is 8.88. The van der Waals surface area contributed by atoms with Gasteiger partial charge in [0.2, 0.25) is 5.89 Å². The fourth-order valence-electron chi connectivity index (χ4n) is 2.66. The fraction of sp³-hybridized carbons (Fsp3) is 0.300. The van der Waals surface area contributed by atoms with Crippen LogP contribution in [-0.4, -0.2) is 42.2 Å². The van der Waals surface area contributed by atoms with Crippen molar-refractivity contribution in [2.75, 3.05) is 20.3 Å². The number of fused-ring (bicyclic) bond motifs is 1. The SMILES string of the molecule is COCCN(Cc1nc2cc(Cl)ccc2o1)C(=O)C(C)Oc1ccccc1. The van der Waals surface area contributed by atoms with Crippen molar-refractivity contribution in [2.24, 2.45) is 0 Å². The molecular formula is C20H21ClN2O4. The minimum Gasteiger partial charge on any atom is -0.481 e. The molecule has 0 saturated carbocycles. The smallest absolute Gasteiger partial charge is 0.263 e. The Morgan fingerprint density at radius 1 is 1.26 bits per heavy atom. The Bertz CT molecular complexity index is 897. The molecule has 1 aromatic heterocycles. The number of nitrogens with zero attached hydrogens (tertiary/aromatic N) is 2. The molecular weight excluding hydrogens is 368 g/mol. The first-order valence-electron chi connectivity index (χ1n) is 8.61. The average Bonchev–Trinajstić information content (AvgIpc) is 3.06. The lowest BCUT2D eigenvalue weighted by Gasteiger charge is -2.24. The van der Waals surface area contributed by atoms with Gasteiger partial charge in [0.25, 0.3) is 5.91 Å². The number of methoxy groups -OCH3 is 1. The minimum atomic E-state index is -0.650. The maximum atomic E-state index is 12.9. The van der Waals surface area contributed by atoms with Crippen molar-refractivity contribution in [3.05, 3.63) is 59.4 Å². The van der Waals surface area contributed by atoms with Crippen molar-refractivity contribution in [2.45, 2.75) is 19.6 Å². The van der Waals surface area contributed by atoms with Gasteiger partial charge in [-0.1, -0.05) is 29.8 Å². The van der Waals surface area contributed by atoms with Crippen molar-refractivity contribution >= 4 is 28.6 Å². The second-order valence-corrected chi connectivity index (χ2v) is 6.48. The van der Waals surface area contributed by atoms with Gasteiger partial charge in [0.05, 0.1) is 13.2 Å². The highest BCUT2D eigenvalue weighted by Gasteiger charge is 2.24. The Morgan fingerprint density at radius 3 is 2.78 bits per heavy atom. The molecule has 3 aromatic rings. The van der Waals surface area contributed by atoms with Crippen LogP contribution in [0, 0.1) is 0 Å². The van der Waals surface area contributed by atoms with E-state index in [1.54, 1.807) is 37.1 Å². The molecule has 3 rings (SSSR count). The number of aromatic nitrogens is 1. The van der Waals surface area contributed by atoms with Gasteiger partial charge < -0.3 is 18.8 Å². The van der Waals surface area contributed by atoms with E-state index in [0.29, 0.717) is 40.9 Å². The van der Waals surface area contributed by atoms with Crippen LogP contribution in [0.2, 0.25) is 5.02 Å². The molecule has 2 aromatic carbocycles. The summed E-state index contributed by atoms with van der Waals surface area (Å²) in [6.07, 6.45) is -0.650. The van der Waals surface area contributed by atoms with Crippen molar-refractivity contribution in [3.63, 3.8) is 0 Å². The summed E-state index contributed by atoms with van der Waals surface area (Å²) in [5, 5.41) is 0.583. The molecule has 142 valence electrons. The van der Waals surface area contributed by atoms with E-state index >= 15 is 0 Å². The predicted molar refractivity (Wildman–Crippen MR) is 103 cm³/mol. The number of benzene rings is 2. The largest absolute Gasteiger partial charge is 0.481 e. The van der Waals surface area contributed by atoms with Crippen LogP contribution >= 0.6 is 11.6 Å². The third-order valence-electron chi connectivity index (χ3n) is 4.00. The molecule has 1 amide bonds. The number of halogens is 1. The number of rotatable bonds is 8. The number of ether oxygens (including phenoxy) is 2. The molecule has 0 aliphatic heterocycles. The lowest BCUT2D eigenvalue weighted by atomic mass is 10.3. The van der Waals surface area contributed by atoms with Crippen molar-refractivity contribution < 1.29 is 18.7 Å². The van der Waals surface area contributed by atoms with Gasteiger partial charge in [-0.25, -0.2) is 4.98 Å². The van der Waals surface area contributed by atoms with Crippen LogP contribution in [0.1, 0.15) is 12.8 Å². The summed E-state index contributed by atoms with van der Waals surface area (Å²) in [5.74, 6) is 0.904. The summed E-state index contributed by atoms with van der Waals surface area (Å²) in [5.41, 5.74) is 1.28. The molecule has 0 radical (unpaired) electrons. The van der Waals surface area contributed by atoms with Crippen LogP contribution in [0.3, 0.4) is 0 Å². The second-order valence-electron chi connectivity index (χ2n) is 6.05. The molecule has 1 heterocycles. The molecule has 0 saturated heterocycles. The Hall–Kier alpha value is -2.57. The van der Waals surface area contributed by atoms with Crippen LogP contribution in [0.5, 0.6) is 5.75 Å². The summed E-state index contributed by atoms with van der Waals surface area (Å²) in [7, 11) is 1.59. The quantitative estimate of drug-likeness (QED) is 0.585. The van der Waals surface area contributed by atoms with Crippen LogP contribution in [0.25, 0.3) is 11.1 Å². The van der Waals surface area contributed by atoms with E-state index < -0.39 is 6.10 Å². The number of carbonyl (C=O) groups excluding carboxylic acids is 1. The highest BCUT2D eigenvalue weighted by atomic mass is 35.5. The van der Waals surface area contributed by atoms with Crippen LogP contribution in [-0.2, 0) is 16.1 Å². The van der Waals surface area contributed by atoms with Gasteiger partial charge in [0.15, 0.2) is 11.7 Å². The fourth-order valence-corrected chi connectivity index (χ4v) is 2.82. The Labute approximate surface area is 162 Å². The molecule has 6 nitrogen and oxygen atoms in total. The Kier molecular flexibility index (Phi) is 6.32. The first-order valence-corrected chi connectivity index (χ1v) is 8.99. The lowest BCUT2D eigenvalue weighted by Crippen LogP contribution is -2.41. The zero-order valence-corrected chi connectivity index (χ0v) is 16.0. The van der Waals surface area contributed by atoms with Gasteiger partial charge in [0.1, 0.15) is 11.3 Å². The van der Waals surface area contributed by atoms with E-state index in [2.05, 4.69) is 4.98 Å². The topological polar surface area (TPSA) is 64.8 Å². The molecule has 7 heteroatoms. The zero-order chi connectivity index (χ0) is 19.2. The molecule has 0 fully saturated rings. The predicted octanol–water partition coefficient (Wildman–Crippen LogP) is 3.92. The van der Waals surface area contributed by atoms with E-state index in [9.17, 15) is 4.79 Å². The third kappa shape index (κ3) is 4.99. The summed E-state index contributed by atoms with van der Waals surface area (Å²) in [4.78, 5) is 18.9. The third-order valence-corrected chi connectivity index (χ3v) is 4.24. The number of oxazole rings is 1. The maximum absolute atomic E-state index is 12.9. The highest BCUT2D eigenvalue weighted by Crippen LogP contribution is 2.21. The van der Waals surface area contributed by atoms with Crippen LogP contribution in [0.15, 0.2) is 52.9 Å². The molecule has 0 aliphatic rings. The van der Waals surface area contributed by atoms with Crippen molar-refractivity contribution in [1.82, 2.24) is 9.88 Å². The normalized spacial score (nSPS) is 12.1. The minimum absolute atomic E-state index is 0.170. The van der Waals surface area contributed by atoms with Crippen LogP contribution < -0.4 is 4.74 Å². The number of para-hydroxylation sites is 1. The maximum Gasteiger partial charge on any atom is 0.263 e. The molecule has 0 spiro atoms. The van der Waals surface area contributed by atoms with Crippen molar-refractivity contribution in [1.29, 1.82) is 0 Å². The number of amides is 1. The molecule has 0 N–H and O–H groups in total. The zero-order valence-electron chi connectivity index (χ0n) is 15.2. The van der Waals surface area contributed by atoms with Gasteiger partial charge in [-0.15, -0.1) is 0 Å². The van der Waals surface area contributed by atoms with Crippen molar-refractivity contribution in [3.8, 4) is 5.75 Å². The highest BCUT2D eigenvalue weighted by molar-refractivity contribution is 6.31. The van der Waals surface area contributed by atoms with Gasteiger partial charge in [-0.3, -0.25) is 4.79 Å². The monoisotopic (exact) mass is 388 g/mol. The summed E-state index contributed by atoms with van der Waals surface area (Å²) >= 11 is 5.99. The van der Waals surface area contributed by atoms with E-state index in [4.69, 9.17) is 25.5 Å². The molecule has 0 bridgehead atoms. The van der Waals surface area contributed by atoms with Gasteiger partial charge in [-0.2, -0.15) is 0 Å². The van der Waals surface area contributed by atoms with E-state index in [1.165, 1.54) is 0 Å². The lowest BCUT2D eigenvalue weighted by molar-refractivity contribution is -0.139. The standard InChI is InChI=1S/C20H21ClN2O4/c1-14(26-16-6-4-3-5-7-16)20(24)23(10-11-25-2)13-19-22-17-12-15(21)8-9-18(17)27-19/h3-9,12,14H,10-11,13H2,1-2H3. The summed E-state index contributed by atoms with van der Waals surface area (Å²) in [6, 6.07) is 14.5. The Morgan fingerprint density at radius 2 is 2.04 bits per heavy atom. The molecule has 0 aliphatic carbocycles. The number of carbonyl (C=O) groups is 1. The average molecular weight is 389 g/mol. The molecule has 1 unspecified atom stereocenters. The first-order chi connectivity index (χ1) is 13.1. The van der Waals surface area contributed by atoms with Gasteiger partial charge in [0, 0.05) is 18.7 Å². The number of hydrogen-bond acceptors (Lipinski definition) is 5. The molecule has 27 heavy (non-hydrogen) atoms. The van der Waals surface area contributed by atoms with E-state index in [1.807, 2.05) is 30.3 Å². The van der Waals surface area contributed by atoms with Gasteiger partial charge in [-0.05, 0) is 37.3 Å². The summed E-state index contributed by atoms with van der Waals surface area (Å²) in [6.45, 7) is 2.74. The van der Waals surface area contributed by atoms with Crippen LogP contribution in [0.4, 0.5) is 0 Å². The molecule has 1 atom stereocenters. The Balaban J connectivity index is 1.74. The number of hydrogen-bond donors (Lipinski definition) is 0. The van der Waals surface area contributed by atoms with E-state index in [0.717, 1.165) is 0 Å². The summed E-state index contributed by atoms with van der Waals surface area (Å²) < 4.78 is 16.6. The van der Waals surface area contributed by atoms with E-state index in [-0.39, 0.29) is 12.5 Å². The first kappa shape index (κ1) is 19.2. The van der Waals surface area contributed by atoms with Gasteiger partial charge >= 0.3 is 0 Å².